The fraction of sp³-hybridized carbons (Fsp3) is 0.231. The first-order chi connectivity index (χ1) is 8.22. The van der Waals surface area contributed by atoms with E-state index in [-0.39, 0.29) is 0 Å². The summed E-state index contributed by atoms with van der Waals surface area (Å²) in [6.45, 7) is 0. The van der Waals surface area contributed by atoms with Crippen molar-refractivity contribution >= 4 is 16.7 Å². The van der Waals surface area contributed by atoms with Gasteiger partial charge in [-0.25, -0.2) is 0 Å². The van der Waals surface area contributed by atoms with Crippen molar-refractivity contribution in [3.05, 3.63) is 42.2 Å². The minimum Gasteiger partial charge on any atom is -0.468 e. The summed E-state index contributed by atoms with van der Waals surface area (Å²) in [6.07, 6.45) is 2.11. The molecule has 0 amide bonds. The highest BCUT2D eigenvalue weighted by Gasteiger charge is 2.16. The largest absolute Gasteiger partial charge is 0.468 e. The van der Waals surface area contributed by atoms with Gasteiger partial charge in [-0.1, -0.05) is 24.3 Å². The average molecular weight is 230 g/mol. The standard InChI is InChI=1S/C13H14N2O2/c1-17-13(16)11(14)8-12-10-5-3-2-4-9(10)6-7-15-12/h2-7,11H,8,14H2,1H3/t11-/m1/s1. The molecule has 4 heteroatoms. The number of methoxy groups -OCH3 is 1. The number of carbonyl (C=O) groups excluding carboxylic acids is 1. The number of rotatable bonds is 3. The van der Waals surface area contributed by atoms with Crippen molar-refractivity contribution in [3.8, 4) is 0 Å². The number of nitrogens with zero attached hydrogens (tertiary/aromatic N) is 1. The summed E-state index contributed by atoms with van der Waals surface area (Å²) >= 11 is 0. The predicted octanol–water partition coefficient (Wildman–Crippen LogP) is 1.28. The minimum atomic E-state index is -0.668. The number of ether oxygens (including phenoxy) is 1. The van der Waals surface area contributed by atoms with Crippen LogP contribution in [0.5, 0.6) is 0 Å². The summed E-state index contributed by atoms with van der Waals surface area (Å²) in [5.41, 5.74) is 6.56. The van der Waals surface area contributed by atoms with Gasteiger partial charge in [0.2, 0.25) is 0 Å². The van der Waals surface area contributed by atoms with Crippen LogP contribution in [0.4, 0.5) is 0 Å². The van der Waals surface area contributed by atoms with E-state index in [0.29, 0.717) is 6.42 Å². The Bertz CT molecular complexity index is 534. The number of esters is 1. The number of benzene rings is 1. The maximum atomic E-state index is 11.3. The molecule has 1 heterocycles. The van der Waals surface area contributed by atoms with Crippen LogP contribution < -0.4 is 5.73 Å². The highest BCUT2D eigenvalue weighted by molar-refractivity contribution is 5.85. The molecule has 0 bridgehead atoms. The lowest BCUT2D eigenvalue weighted by molar-refractivity contribution is -0.142. The molecular formula is C13H14N2O2. The number of aromatic nitrogens is 1. The third-order valence-corrected chi connectivity index (χ3v) is 2.67. The van der Waals surface area contributed by atoms with E-state index in [1.807, 2.05) is 30.3 Å². The van der Waals surface area contributed by atoms with Crippen molar-refractivity contribution in [2.45, 2.75) is 12.5 Å². The van der Waals surface area contributed by atoms with E-state index in [4.69, 9.17) is 5.73 Å². The van der Waals surface area contributed by atoms with Gasteiger partial charge in [0.05, 0.1) is 12.8 Å². The summed E-state index contributed by atoms with van der Waals surface area (Å²) in [7, 11) is 1.33. The molecule has 4 nitrogen and oxygen atoms in total. The van der Waals surface area contributed by atoms with Gasteiger partial charge in [0.1, 0.15) is 6.04 Å². The zero-order chi connectivity index (χ0) is 12.3. The van der Waals surface area contributed by atoms with Crippen LogP contribution in [0, 0.1) is 0 Å². The van der Waals surface area contributed by atoms with E-state index in [1.54, 1.807) is 6.20 Å². The van der Waals surface area contributed by atoms with E-state index in [0.717, 1.165) is 16.5 Å². The molecule has 0 aliphatic carbocycles. The molecule has 2 N–H and O–H groups in total. The Morgan fingerprint density at radius 3 is 2.94 bits per heavy atom. The van der Waals surface area contributed by atoms with Gasteiger partial charge in [-0.05, 0) is 11.5 Å². The molecule has 1 atom stereocenters. The zero-order valence-electron chi connectivity index (χ0n) is 9.59. The Morgan fingerprint density at radius 2 is 2.18 bits per heavy atom. The fourth-order valence-electron chi connectivity index (χ4n) is 1.79. The second kappa shape index (κ2) is 4.93. The summed E-state index contributed by atoms with van der Waals surface area (Å²) in [5.74, 6) is -0.417. The molecule has 0 aliphatic rings. The molecule has 0 spiro atoms. The van der Waals surface area contributed by atoms with Crippen molar-refractivity contribution < 1.29 is 9.53 Å². The second-order valence-corrected chi connectivity index (χ2v) is 3.81. The quantitative estimate of drug-likeness (QED) is 0.807. The first-order valence-electron chi connectivity index (χ1n) is 5.38. The maximum Gasteiger partial charge on any atom is 0.323 e. The SMILES string of the molecule is COC(=O)[C@H](N)Cc1nccc2ccccc12. The van der Waals surface area contributed by atoms with Gasteiger partial charge in [0, 0.05) is 18.0 Å². The topological polar surface area (TPSA) is 65.2 Å². The molecule has 0 radical (unpaired) electrons. The van der Waals surface area contributed by atoms with Crippen molar-refractivity contribution in [2.24, 2.45) is 5.73 Å². The summed E-state index contributed by atoms with van der Waals surface area (Å²) in [5, 5.41) is 2.11. The van der Waals surface area contributed by atoms with Crippen LogP contribution in [0.25, 0.3) is 10.8 Å². The van der Waals surface area contributed by atoms with E-state index in [1.165, 1.54) is 7.11 Å². The molecule has 0 fully saturated rings. The Hall–Kier alpha value is -1.94. The minimum absolute atomic E-state index is 0.383. The average Bonchev–Trinajstić information content (AvgIpc) is 2.38. The van der Waals surface area contributed by atoms with Crippen LogP contribution in [0.1, 0.15) is 5.69 Å². The second-order valence-electron chi connectivity index (χ2n) is 3.81. The Labute approximate surface area is 99.4 Å². The molecule has 1 aromatic heterocycles. The molecule has 2 rings (SSSR count). The van der Waals surface area contributed by atoms with Crippen LogP contribution >= 0.6 is 0 Å². The Morgan fingerprint density at radius 1 is 1.41 bits per heavy atom. The number of nitrogens with two attached hydrogens (primary N) is 1. The van der Waals surface area contributed by atoms with Crippen molar-refractivity contribution in [1.82, 2.24) is 4.98 Å². The summed E-state index contributed by atoms with van der Waals surface area (Å²) < 4.78 is 4.60. The van der Waals surface area contributed by atoms with Gasteiger partial charge in [-0.15, -0.1) is 0 Å². The molecule has 2 aromatic rings. The molecular weight excluding hydrogens is 216 g/mol. The zero-order valence-corrected chi connectivity index (χ0v) is 9.59. The number of pyridine rings is 1. The van der Waals surface area contributed by atoms with Gasteiger partial charge >= 0.3 is 5.97 Å². The molecule has 1 aromatic carbocycles. The van der Waals surface area contributed by atoms with E-state index in [9.17, 15) is 4.79 Å². The highest BCUT2D eigenvalue weighted by atomic mass is 16.5. The van der Waals surface area contributed by atoms with Crippen molar-refractivity contribution in [1.29, 1.82) is 0 Å². The maximum absolute atomic E-state index is 11.3. The van der Waals surface area contributed by atoms with Crippen LogP contribution in [0.2, 0.25) is 0 Å². The summed E-state index contributed by atoms with van der Waals surface area (Å²) in [6, 6.07) is 9.15. The van der Waals surface area contributed by atoms with E-state index in [2.05, 4.69) is 9.72 Å². The lowest BCUT2D eigenvalue weighted by Gasteiger charge is -2.10. The monoisotopic (exact) mass is 230 g/mol. The lowest BCUT2D eigenvalue weighted by atomic mass is 10.0. The Kier molecular flexibility index (Phi) is 3.35. The van der Waals surface area contributed by atoms with Gasteiger partial charge in [-0.3, -0.25) is 9.78 Å². The van der Waals surface area contributed by atoms with Crippen LogP contribution in [0.15, 0.2) is 36.5 Å². The fourth-order valence-corrected chi connectivity index (χ4v) is 1.79. The lowest BCUT2D eigenvalue weighted by Crippen LogP contribution is -2.33. The molecule has 17 heavy (non-hydrogen) atoms. The van der Waals surface area contributed by atoms with Crippen LogP contribution in [-0.4, -0.2) is 24.1 Å². The number of fused-ring (bicyclic) bond motifs is 1. The molecule has 0 aliphatic heterocycles. The first kappa shape index (κ1) is 11.5. The highest BCUT2D eigenvalue weighted by Crippen LogP contribution is 2.17. The third-order valence-electron chi connectivity index (χ3n) is 2.67. The number of hydrogen-bond acceptors (Lipinski definition) is 4. The van der Waals surface area contributed by atoms with E-state index >= 15 is 0 Å². The predicted molar refractivity (Wildman–Crippen MR) is 65.4 cm³/mol. The van der Waals surface area contributed by atoms with Crippen LogP contribution in [0.3, 0.4) is 0 Å². The van der Waals surface area contributed by atoms with E-state index < -0.39 is 12.0 Å². The van der Waals surface area contributed by atoms with Crippen molar-refractivity contribution in [3.63, 3.8) is 0 Å². The first-order valence-corrected chi connectivity index (χ1v) is 5.38. The summed E-state index contributed by atoms with van der Waals surface area (Å²) in [4.78, 5) is 15.6. The van der Waals surface area contributed by atoms with Gasteiger partial charge in [0.25, 0.3) is 0 Å². The van der Waals surface area contributed by atoms with Gasteiger partial charge in [-0.2, -0.15) is 0 Å². The number of carbonyl (C=O) groups is 1. The molecule has 88 valence electrons. The smallest absolute Gasteiger partial charge is 0.323 e. The normalized spacial score (nSPS) is 12.4. The number of hydrogen-bond donors (Lipinski definition) is 1. The van der Waals surface area contributed by atoms with Gasteiger partial charge < -0.3 is 10.5 Å². The van der Waals surface area contributed by atoms with Crippen LogP contribution in [-0.2, 0) is 16.0 Å². The Balaban J connectivity index is 2.33. The molecule has 0 saturated carbocycles. The molecule has 0 saturated heterocycles. The van der Waals surface area contributed by atoms with Gasteiger partial charge in [0.15, 0.2) is 0 Å². The van der Waals surface area contributed by atoms with Crippen molar-refractivity contribution in [2.75, 3.05) is 7.11 Å². The third kappa shape index (κ3) is 2.42. The molecule has 0 unspecified atom stereocenters.